The summed E-state index contributed by atoms with van der Waals surface area (Å²) < 4.78 is 137. The molecular weight excluding hydrogens is 1820 g/mol. The number of sulfonamides is 4. The van der Waals surface area contributed by atoms with Crippen molar-refractivity contribution in [2.75, 3.05) is 112 Å². The van der Waals surface area contributed by atoms with E-state index in [0.29, 0.717) is 156 Å². The molecule has 656 valence electrons. The molecule has 0 amide bonds. The van der Waals surface area contributed by atoms with Crippen LogP contribution in [0, 0.1) is 45.3 Å². The fourth-order valence-corrected chi connectivity index (χ4v) is 22.6. The first-order chi connectivity index (χ1) is 58.7. The molecule has 0 N–H and O–H groups in total. The Balaban J connectivity index is 0.000000172. The van der Waals surface area contributed by atoms with E-state index in [-0.39, 0.29) is 87.8 Å². The number of ether oxygens (including phenoxy) is 4. The second kappa shape index (κ2) is 45.4. The van der Waals surface area contributed by atoms with Crippen LogP contribution in [-0.4, -0.2) is 200 Å². The summed E-state index contributed by atoms with van der Waals surface area (Å²) in [6.45, 7) is 17.3. The molecule has 0 aromatic heterocycles. The fourth-order valence-electron chi connectivity index (χ4n) is 15.0. The van der Waals surface area contributed by atoms with Gasteiger partial charge in [-0.3, -0.25) is 14.7 Å². The SMILES string of the molecule is CCC(CC)N1CCN(S(=O)(=O)c2cc(C#N)ccc2Oc2cc(Cl)ccc2Cl)CC1.CCCC(C)N1CCN(S(=O)(=O)c2cc(C#N)ccc2Oc2cc(Cl)ccc2Cl)CC1.CN1CCCN(S(=O)(=O)c2cc(C#N)ccc2Oc2cc(Cl)ccc2Cl)CC1.N#Cc1ccc(Oc2cc(Cl)ccc2Cl)c(S(=O)(=O)N2CCN(C3CCCCCC3)CC2)c1. The van der Waals surface area contributed by atoms with E-state index in [2.05, 4.69) is 47.3 Å². The van der Waals surface area contributed by atoms with Gasteiger partial charge in [-0.1, -0.05) is 146 Å². The Labute approximate surface area is 763 Å². The molecule has 4 aliphatic heterocycles. The topological polar surface area (TPSA) is 295 Å². The number of nitriles is 4. The van der Waals surface area contributed by atoms with Crippen molar-refractivity contribution in [1.29, 1.82) is 21.0 Å². The van der Waals surface area contributed by atoms with Crippen LogP contribution in [0.1, 0.15) is 121 Å². The lowest BCUT2D eigenvalue weighted by Crippen LogP contribution is -2.51. The van der Waals surface area contributed by atoms with Crippen LogP contribution >= 0.6 is 92.8 Å². The van der Waals surface area contributed by atoms with E-state index in [1.165, 1.54) is 153 Å². The van der Waals surface area contributed by atoms with Gasteiger partial charge in [0.05, 0.1) is 66.6 Å². The number of likely N-dealkylation sites (N-methyl/N-ethyl adjacent to an activating group) is 1. The first-order valence-electron chi connectivity index (χ1n) is 40.3. The number of piperazine rings is 3. The van der Waals surface area contributed by atoms with Gasteiger partial charge in [0.1, 0.15) is 65.6 Å². The molecule has 1 saturated carbocycles. The Morgan fingerprint density at radius 3 is 0.943 bits per heavy atom. The zero-order valence-electron chi connectivity index (χ0n) is 68.6. The van der Waals surface area contributed by atoms with Crippen LogP contribution in [0.4, 0.5) is 0 Å². The van der Waals surface area contributed by atoms with E-state index >= 15 is 0 Å². The maximum absolute atomic E-state index is 13.6. The van der Waals surface area contributed by atoms with Crippen molar-refractivity contribution in [2.24, 2.45) is 0 Å². The number of hydrogen-bond donors (Lipinski definition) is 0. The van der Waals surface area contributed by atoms with Crippen molar-refractivity contribution >= 4 is 133 Å². The largest absolute Gasteiger partial charge is 0.454 e. The lowest BCUT2D eigenvalue weighted by Gasteiger charge is -2.38. The Bertz CT molecular complexity index is 5690. The zero-order valence-corrected chi connectivity index (χ0v) is 77.9. The van der Waals surface area contributed by atoms with Gasteiger partial charge in [-0.05, 0) is 180 Å². The van der Waals surface area contributed by atoms with Crippen LogP contribution in [0.15, 0.2) is 165 Å². The van der Waals surface area contributed by atoms with Crippen molar-refractivity contribution < 1.29 is 52.6 Å². The molecule has 8 aromatic rings. The average Bonchev–Trinajstić information content (AvgIpc) is 1.14. The Kier molecular flexibility index (Phi) is 36.2. The summed E-state index contributed by atoms with van der Waals surface area (Å²) >= 11 is 48.9. The van der Waals surface area contributed by atoms with Crippen LogP contribution in [0.5, 0.6) is 46.0 Å². The number of halogens is 8. The average molecular weight is 1910 g/mol. The lowest BCUT2D eigenvalue weighted by molar-refractivity contribution is 0.126. The molecule has 1 aliphatic carbocycles. The van der Waals surface area contributed by atoms with E-state index in [4.69, 9.17) is 112 Å². The second-order valence-corrected chi connectivity index (χ2v) is 40.9. The number of nitrogens with zero attached hydrogens (tertiary/aromatic N) is 12. The summed E-state index contributed by atoms with van der Waals surface area (Å²) in [4.78, 5) is 8.95. The smallest absolute Gasteiger partial charge is 0.246 e. The van der Waals surface area contributed by atoms with Gasteiger partial charge in [-0.15, -0.1) is 0 Å². The molecule has 8 aromatic carbocycles. The summed E-state index contributed by atoms with van der Waals surface area (Å²) in [5.41, 5.74) is 0.947. The van der Waals surface area contributed by atoms with Gasteiger partial charge in [0.15, 0.2) is 0 Å². The fraction of sp³-hybridized carbons (Fsp3) is 0.402. The second-order valence-electron chi connectivity index (χ2n) is 29.9. The quantitative estimate of drug-likeness (QED) is 0.0537. The van der Waals surface area contributed by atoms with Crippen molar-refractivity contribution in [3.63, 3.8) is 0 Å². The minimum atomic E-state index is -3.88. The molecule has 13 rings (SSSR count). The number of hydrogen-bond acceptors (Lipinski definition) is 20. The maximum atomic E-state index is 13.6. The third-order valence-electron chi connectivity index (χ3n) is 21.8. The summed E-state index contributed by atoms with van der Waals surface area (Å²) in [7, 11) is -13.5. The molecule has 36 heteroatoms. The molecule has 5 aliphatic rings. The molecule has 0 bridgehead atoms. The number of rotatable bonds is 23. The molecular formula is C87H96Cl8N12O12S4. The molecule has 1 unspecified atom stereocenters. The highest BCUT2D eigenvalue weighted by atomic mass is 35.5. The van der Waals surface area contributed by atoms with Crippen LogP contribution in [0.2, 0.25) is 40.2 Å². The van der Waals surface area contributed by atoms with Gasteiger partial charge in [-0.2, -0.15) is 38.3 Å². The van der Waals surface area contributed by atoms with Gasteiger partial charge < -0.3 is 23.8 Å². The van der Waals surface area contributed by atoms with Gasteiger partial charge in [0, 0.05) is 161 Å². The molecule has 5 fully saturated rings. The molecule has 0 spiro atoms. The monoisotopic (exact) mass is 1910 g/mol. The highest BCUT2D eigenvalue weighted by Gasteiger charge is 2.38. The highest BCUT2D eigenvalue weighted by molar-refractivity contribution is 7.90. The van der Waals surface area contributed by atoms with E-state index in [0.717, 1.165) is 38.6 Å². The molecule has 4 heterocycles. The predicted molar refractivity (Wildman–Crippen MR) is 483 cm³/mol. The van der Waals surface area contributed by atoms with Crippen LogP contribution < -0.4 is 18.9 Å². The van der Waals surface area contributed by atoms with Gasteiger partial charge in [-0.25, -0.2) is 33.7 Å². The summed E-state index contributed by atoms with van der Waals surface area (Å²) in [6.07, 6.45) is 12.4. The first-order valence-corrected chi connectivity index (χ1v) is 49.1. The zero-order chi connectivity index (χ0) is 88.9. The van der Waals surface area contributed by atoms with Crippen LogP contribution in [0.3, 0.4) is 0 Å². The molecule has 24 nitrogen and oxygen atoms in total. The normalized spacial score (nSPS) is 17.0. The Hall–Kier alpha value is -7.28. The predicted octanol–water partition coefficient (Wildman–Crippen LogP) is 20.0. The lowest BCUT2D eigenvalue weighted by atomic mass is 10.1. The van der Waals surface area contributed by atoms with Gasteiger partial charge in [0.25, 0.3) is 0 Å². The Morgan fingerprint density at radius 1 is 0.350 bits per heavy atom. The van der Waals surface area contributed by atoms with E-state index in [9.17, 15) is 54.7 Å². The Morgan fingerprint density at radius 2 is 0.642 bits per heavy atom. The van der Waals surface area contributed by atoms with Crippen LogP contribution in [0.25, 0.3) is 0 Å². The van der Waals surface area contributed by atoms with Gasteiger partial charge in [0.2, 0.25) is 40.1 Å². The third-order valence-corrected chi connectivity index (χ3v) is 31.7. The highest BCUT2D eigenvalue weighted by Crippen LogP contribution is 2.43. The minimum absolute atomic E-state index is 0.0412. The van der Waals surface area contributed by atoms with Crippen molar-refractivity contribution in [2.45, 2.75) is 136 Å². The molecule has 1 atom stereocenters. The van der Waals surface area contributed by atoms with Crippen molar-refractivity contribution in [3.05, 3.63) is 208 Å². The van der Waals surface area contributed by atoms with E-state index in [1.54, 1.807) is 48.5 Å². The minimum Gasteiger partial charge on any atom is -0.454 e. The molecule has 4 saturated heterocycles. The summed E-state index contributed by atoms with van der Waals surface area (Å²) in [5, 5.41) is 40.1. The van der Waals surface area contributed by atoms with Crippen molar-refractivity contribution in [3.8, 4) is 70.3 Å². The number of benzene rings is 8. The maximum Gasteiger partial charge on any atom is 0.246 e. The third kappa shape index (κ3) is 25.8. The molecule has 123 heavy (non-hydrogen) atoms. The van der Waals surface area contributed by atoms with E-state index < -0.39 is 40.1 Å². The first kappa shape index (κ1) is 97.9. The van der Waals surface area contributed by atoms with Crippen molar-refractivity contribution in [1.82, 2.24) is 36.8 Å². The summed E-state index contributed by atoms with van der Waals surface area (Å²) in [6, 6.07) is 45.6. The molecule has 0 radical (unpaired) electrons. The van der Waals surface area contributed by atoms with E-state index in [1.807, 2.05) is 31.3 Å². The van der Waals surface area contributed by atoms with Crippen LogP contribution in [-0.2, 0) is 40.1 Å². The summed E-state index contributed by atoms with van der Waals surface area (Å²) in [5.74, 6) is 1.40. The standard InChI is InChI=1S/C24H27Cl2N3O3S.2C22H25Cl2N3O3S.C19H19Cl2N3O3S/c25-19-8-9-21(26)23(16-19)32-22-10-7-18(17-27)15-24(22)33(30,31)29-13-11-28(12-14-29)20-5-3-1-2-4-6-20;1-3-4-16(2)26-9-11-27(12-10-26)31(28,29)22-13-17(15-25)5-8-20(22)30-21-14-18(23)6-7-19(21)24;1-3-18(4-2)26-9-11-27(12-10-26)31(28,29)22-13-16(15-25)5-8-20(22)30-21-14-17(23)6-7-19(21)24;1-23-7-2-8-24(10-9-23)28(25,26)19-11-14(13-22)3-6-17(19)27-18-12-15(20)4-5-16(18)21/h7-10,15-16,20H,1-6,11-14H2;5-8,13-14,16H,3-4,9-12H2,1-2H3;5-8,13-14,18H,3-4,9-12H2,1-2H3;3-6,11-12H,2,7-10H2,1H3. The van der Waals surface area contributed by atoms with Gasteiger partial charge >= 0.3 is 0 Å².